The van der Waals surface area contributed by atoms with Crippen LogP contribution < -0.4 is 4.90 Å². The molecule has 2 nitrogen and oxygen atoms in total. The first-order valence-corrected chi connectivity index (χ1v) is 7.89. The van der Waals surface area contributed by atoms with Crippen LogP contribution in [0.5, 0.6) is 0 Å². The Kier molecular flexibility index (Phi) is 3.62. The molecular formula is C15H11BrINO. The van der Waals surface area contributed by atoms with Crippen molar-refractivity contribution in [2.45, 2.75) is 6.42 Å². The number of amides is 1. The first-order valence-electron chi connectivity index (χ1n) is 6.01. The Morgan fingerprint density at radius 1 is 1.21 bits per heavy atom. The van der Waals surface area contributed by atoms with Gasteiger partial charge in [-0.2, -0.15) is 0 Å². The van der Waals surface area contributed by atoms with E-state index in [1.165, 1.54) is 5.56 Å². The molecule has 0 bridgehead atoms. The minimum atomic E-state index is 0.0651. The molecule has 0 radical (unpaired) electrons. The molecule has 0 N–H and O–H groups in total. The standard InChI is InChI=1S/C15H11BrINO/c16-13-6-5-11(17)9-12(13)15(19)18-8-7-10-3-1-2-4-14(10)18/h1-6,9H,7-8H2. The number of rotatable bonds is 1. The lowest BCUT2D eigenvalue weighted by atomic mass is 10.1. The average molecular weight is 428 g/mol. The highest BCUT2D eigenvalue weighted by molar-refractivity contribution is 14.1. The van der Waals surface area contributed by atoms with Crippen molar-refractivity contribution in [1.82, 2.24) is 0 Å². The maximum Gasteiger partial charge on any atom is 0.259 e. The highest BCUT2D eigenvalue weighted by Crippen LogP contribution is 2.30. The minimum Gasteiger partial charge on any atom is -0.308 e. The molecule has 0 fully saturated rings. The summed E-state index contributed by atoms with van der Waals surface area (Å²) in [6.07, 6.45) is 0.934. The normalized spacial score (nSPS) is 13.5. The summed E-state index contributed by atoms with van der Waals surface area (Å²) in [5, 5.41) is 0. The van der Waals surface area contributed by atoms with E-state index in [0.29, 0.717) is 0 Å². The van der Waals surface area contributed by atoms with Gasteiger partial charge in [0.2, 0.25) is 0 Å². The van der Waals surface area contributed by atoms with Crippen LogP contribution in [0.25, 0.3) is 0 Å². The van der Waals surface area contributed by atoms with Gasteiger partial charge in [0.25, 0.3) is 5.91 Å². The lowest BCUT2D eigenvalue weighted by molar-refractivity contribution is 0.0988. The summed E-state index contributed by atoms with van der Waals surface area (Å²) < 4.78 is 1.92. The molecule has 1 heterocycles. The molecule has 96 valence electrons. The summed E-state index contributed by atoms with van der Waals surface area (Å²) >= 11 is 5.69. The van der Waals surface area contributed by atoms with Crippen LogP contribution in [-0.4, -0.2) is 12.5 Å². The van der Waals surface area contributed by atoms with Crippen LogP contribution in [0.15, 0.2) is 46.9 Å². The highest BCUT2D eigenvalue weighted by atomic mass is 127. The van der Waals surface area contributed by atoms with Gasteiger partial charge in [-0.05, 0) is 74.8 Å². The number of nitrogens with zero attached hydrogens (tertiary/aromatic N) is 1. The molecule has 2 aromatic carbocycles. The molecule has 1 amide bonds. The average Bonchev–Trinajstić information content (AvgIpc) is 2.84. The summed E-state index contributed by atoms with van der Waals surface area (Å²) in [5.74, 6) is 0.0651. The van der Waals surface area contributed by atoms with Crippen molar-refractivity contribution in [2.75, 3.05) is 11.4 Å². The second-order valence-corrected chi connectivity index (χ2v) is 6.56. The SMILES string of the molecule is O=C(c1cc(I)ccc1Br)N1CCc2ccccc21. The zero-order valence-electron chi connectivity index (χ0n) is 10.1. The Bertz CT molecular complexity index is 656. The summed E-state index contributed by atoms with van der Waals surface area (Å²) in [5.41, 5.74) is 3.01. The van der Waals surface area contributed by atoms with Crippen molar-refractivity contribution in [3.05, 3.63) is 61.6 Å². The Morgan fingerprint density at radius 2 is 2.00 bits per heavy atom. The maximum absolute atomic E-state index is 12.7. The molecule has 0 aliphatic carbocycles. The van der Waals surface area contributed by atoms with Crippen molar-refractivity contribution in [1.29, 1.82) is 0 Å². The van der Waals surface area contributed by atoms with Crippen LogP contribution >= 0.6 is 38.5 Å². The molecule has 1 aliphatic rings. The number of carbonyl (C=O) groups is 1. The molecule has 1 aliphatic heterocycles. The number of para-hydroxylation sites is 1. The highest BCUT2D eigenvalue weighted by Gasteiger charge is 2.26. The number of carbonyl (C=O) groups excluding carboxylic acids is 1. The van der Waals surface area contributed by atoms with Gasteiger partial charge in [-0.1, -0.05) is 18.2 Å². The van der Waals surface area contributed by atoms with E-state index in [0.717, 1.165) is 32.3 Å². The third-order valence-corrected chi connectivity index (χ3v) is 4.65. The van der Waals surface area contributed by atoms with E-state index in [9.17, 15) is 4.79 Å². The molecular weight excluding hydrogens is 417 g/mol. The molecule has 0 atom stereocenters. The van der Waals surface area contributed by atoms with E-state index in [1.807, 2.05) is 41.3 Å². The van der Waals surface area contributed by atoms with Gasteiger partial charge in [0.05, 0.1) is 5.56 Å². The Balaban J connectivity index is 2.00. The first kappa shape index (κ1) is 13.1. The van der Waals surface area contributed by atoms with Gasteiger partial charge in [-0.3, -0.25) is 4.79 Å². The van der Waals surface area contributed by atoms with E-state index in [1.54, 1.807) is 0 Å². The fraction of sp³-hybridized carbons (Fsp3) is 0.133. The molecule has 19 heavy (non-hydrogen) atoms. The number of benzene rings is 2. The monoisotopic (exact) mass is 427 g/mol. The van der Waals surface area contributed by atoms with Crippen molar-refractivity contribution >= 4 is 50.1 Å². The third kappa shape index (κ3) is 2.43. The molecule has 0 saturated carbocycles. The molecule has 0 unspecified atom stereocenters. The van der Waals surface area contributed by atoms with Crippen LogP contribution in [0, 0.1) is 3.57 Å². The lowest BCUT2D eigenvalue weighted by Gasteiger charge is -2.18. The minimum absolute atomic E-state index is 0.0651. The number of halogens is 2. The van der Waals surface area contributed by atoms with Crippen LogP contribution in [0.2, 0.25) is 0 Å². The van der Waals surface area contributed by atoms with E-state index >= 15 is 0 Å². The van der Waals surface area contributed by atoms with Crippen molar-refractivity contribution in [3.8, 4) is 0 Å². The van der Waals surface area contributed by atoms with Gasteiger partial charge in [0.1, 0.15) is 0 Å². The van der Waals surface area contributed by atoms with Gasteiger partial charge in [-0.25, -0.2) is 0 Å². The van der Waals surface area contributed by atoms with Crippen molar-refractivity contribution in [2.24, 2.45) is 0 Å². The summed E-state index contributed by atoms with van der Waals surface area (Å²) in [6, 6.07) is 13.9. The maximum atomic E-state index is 12.7. The quantitative estimate of drug-likeness (QED) is 0.623. The predicted octanol–water partition coefficient (Wildman–Crippen LogP) is 4.26. The molecule has 4 heteroatoms. The number of hydrogen-bond acceptors (Lipinski definition) is 1. The van der Waals surface area contributed by atoms with Gasteiger partial charge >= 0.3 is 0 Å². The molecule has 3 rings (SSSR count). The molecule has 0 spiro atoms. The van der Waals surface area contributed by atoms with Crippen molar-refractivity contribution < 1.29 is 4.79 Å². The largest absolute Gasteiger partial charge is 0.308 e. The van der Waals surface area contributed by atoms with E-state index in [2.05, 4.69) is 44.6 Å². The second kappa shape index (κ2) is 5.25. The molecule has 0 aromatic heterocycles. The van der Waals surface area contributed by atoms with Crippen LogP contribution in [-0.2, 0) is 6.42 Å². The van der Waals surface area contributed by atoms with Crippen LogP contribution in [0.3, 0.4) is 0 Å². The predicted molar refractivity (Wildman–Crippen MR) is 88.7 cm³/mol. The van der Waals surface area contributed by atoms with Gasteiger partial charge in [-0.15, -0.1) is 0 Å². The van der Waals surface area contributed by atoms with Gasteiger partial charge in [0.15, 0.2) is 0 Å². The van der Waals surface area contributed by atoms with E-state index in [-0.39, 0.29) is 5.91 Å². The summed E-state index contributed by atoms with van der Waals surface area (Å²) in [6.45, 7) is 0.760. The van der Waals surface area contributed by atoms with E-state index in [4.69, 9.17) is 0 Å². The second-order valence-electron chi connectivity index (χ2n) is 4.46. The van der Waals surface area contributed by atoms with Gasteiger partial charge < -0.3 is 4.90 Å². The molecule has 0 saturated heterocycles. The first-order chi connectivity index (χ1) is 9.16. The number of anilines is 1. The van der Waals surface area contributed by atoms with Gasteiger partial charge in [0, 0.05) is 20.3 Å². The summed E-state index contributed by atoms with van der Waals surface area (Å²) in [4.78, 5) is 14.5. The fourth-order valence-corrected chi connectivity index (χ4v) is 3.26. The summed E-state index contributed by atoms with van der Waals surface area (Å²) in [7, 11) is 0. The smallest absolute Gasteiger partial charge is 0.259 e. The van der Waals surface area contributed by atoms with Crippen molar-refractivity contribution in [3.63, 3.8) is 0 Å². The zero-order chi connectivity index (χ0) is 13.4. The Labute approximate surface area is 134 Å². The Hall–Kier alpha value is -0.880. The van der Waals surface area contributed by atoms with Crippen LogP contribution in [0.4, 0.5) is 5.69 Å². The number of hydrogen-bond donors (Lipinski definition) is 0. The topological polar surface area (TPSA) is 20.3 Å². The van der Waals surface area contributed by atoms with E-state index < -0.39 is 0 Å². The molecule has 2 aromatic rings. The van der Waals surface area contributed by atoms with Crippen LogP contribution in [0.1, 0.15) is 15.9 Å². The fourth-order valence-electron chi connectivity index (χ4n) is 2.36. The zero-order valence-corrected chi connectivity index (χ0v) is 13.8. The lowest BCUT2D eigenvalue weighted by Crippen LogP contribution is -2.29. The number of fused-ring (bicyclic) bond motifs is 1. The third-order valence-electron chi connectivity index (χ3n) is 3.29. The Morgan fingerprint density at radius 3 is 2.84 bits per heavy atom.